The Hall–Kier alpha value is -1.37. The second-order valence-corrected chi connectivity index (χ2v) is 6.84. The van der Waals surface area contributed by atoms with Gasteiger partial charge < -0.3 is 10.5 Å². The molecule has 110 valence electrons. The molecule has 1 aromatic carbocycles. The Labute approximate surface area is 120 Å². The van der Waals surface area contributed by atoms with Crippen LogP contribution in [0.25, 0.3) is 0 Å². The Morgan fingerprint density at radius 1 is 1.40 bits per heavy atom. The molecule has 0 unspecified atom stereocenters. The quantitative estimate of drug-likeness (QED) is 0.676. The molecule has 0 bridgehead atoms. The SMILES string of the molecule is COCC1=CCN(S(=O)(=O)c2ccc(N)cc2C)CC1. The molecule has 1 heterocycles. The summed E-state index contributed by atoms with van der Waals surface area (Å²) in [5.41, 5.74) is 8.06. The lowest BCUT2D eigenvalue weighted by atomic mass is 10.1. The summed E-state index contributed by atoms with van der Waals surface area (Å²) in [4.78, 5) is 0.329. The summed E-state index contributed by atoms with van der Waals surface area (Å²) in [6.07, 6.45) is 2.64. The maximum Gasteiger partial charge on any atom is 0.243 e. The zero-order chi connectivity index (χ0) is 14.8. The number of nitrogens with zero attached hydrogens (tertiary/aromatic N) is 1. The van der Waals surface area contributed by atoms with E-state index in [9.17, 15) is 8.42 Å². The van der Waals surface area contributed by atoms with E-state index in [1.54, 1.807) is 32.2 Å². The van der Waals surface area contributed by atoms with E-state index < -0.39 is 10.0 Å². The van der Waals surface area contributed by atoms with Crippen molar-refractivity contribution in [2.75, 3.05) is 32.5 Å². The van der Waals surface area contributed by atoms with Gasteiger partial charge in [-0.3, -0.25) is 0 Å². The molecule has 0 amide bonds. The lowest BCUT2D eigenvalue weighted by Crippen LogP contribution is -2.35. The van der Waals surface area contributed by atoms with Crippen LogP contribution in [0, 0.1) is 6.92 Å². The highest BCUT2D eigenvalue weighted by atomic mass is 32.2. The molecule has 2 rings (SSSR count). The van der Waals surface area contributed by atoms with E-state index in [1.807, 2.05) is 6.08 Å². The largest absolute Gasteiger partial charge is 0.399 e. The molecule has 0 aliphatic carbocycles. The summed E-state index contributed by atoms with van der Waals surface area (Å²) in [5, 5.41) is 0. The van der Waals surface area contributed by atoms with Gasteiger partial charge in [-0.05, 0) is 42.7 Å². The molecule has 0 saturated heterocycles. The molecule has 1 aromatic rings. The standard InChI is InChI=1S/C14H20N2O3S/c1-11-9-13(15)3-4-14(11)20(17,18)16-7-5-12(6-8-16)10-19-2/h3-5,9H,6-8,10,15H2,1-2H3. The van der Waals surface area contributed by atoms with E-state index in [2.05, 4.69) is 0 Å². The molecule has 20 heavy (non-hydrogen) atoms. The van der Waals surface area contributed by atoms with Gasteiger partial charge in [-0.25, -0.2) is 8.42 Å². The van der Waals surface area contributed by atoms with Crippen LogP contribution in [-0.2, 0) is 14.8 Å². The van der Waals surface area contributed by atoms with Crippen molar-refractivity contribution in [2.45, 2.75) is 18.2 Å². The minimum atomic E-state index is -3.46. The van der Waals surface area contributed by atoms with Crippen LogP contribution in [0.2, 0.25) is 0 Å². The molecule has 2 N–H and O–H groups in total. The Kier molecular flexibility index (Phi) is 4.47. The Bertz CT molecular complexity index is 623. The third kappa shape index (κ3) is 3.03. The van der Waals surface area contributed by atoms with Crippen molar-refractivity contribution in [3.8, 4) is 0 Å². The number of anilines is 1. The summed E-state index contributed by atoms with van der Waals surface area (Å²) in [7, 11) is -1.81. The first-order valence-corrected chi connectivity index (χ1v) is 7.92. The molecule has 0 radical (unpaired) electrons. The maximum absolute atomic E-state index is 12.6. The van der Waals surface area contributed by atoms with Crippen molar-refractivity contribution in [3.63, 3.8) is 0 Å². The third-order valence-corrected chi connectivity index (χ3v) is 5.44. The third-order valence-electron chi connectivity index (χ3n) is 3.41. The number of methoxy groups -OCH3 is 1. The molecule has 0 aromatic heterocycles. The molecular weight excluding hydrogens is 276 g/mol. The fraction of sp³-hybridized carbons (Fsp3) is 0.429. The van der Waals surface area contributed by atoms with Crippen molar-refractivity contribution in [1.29, 1.82) is 0 Å². The van der Waals surface area contributed by atoms with Gasteiger partial charge in [0.25, 0.3) is 0 Å². The number of rotatable bonds is 4. The highest BCUT2D eigenvalue weighted by Gasteiger charge is 2.27. The number of ether oxygens (including phenoxy) is 1. The average Bonchev–Trinajstić information content (AvgIpc) is 2.39. The fourth-order valence-corrected chi connectivity index (χ4v) is 3.91. The summed E-state index contributed by atoms with van der Waals surface area (Å²) in [6, 6.07) is 4.88. The molecule has 0 spiro atoms. The van der Waals surface area contributed by atoms with Crippen LogP contribution in [0.1, 0.15) is 12.0 Å². The molecule has 1 aliphatic rings. The van der Waals surface area contributed by atoms with Gasteiger partial charge in [0, 0.05) is 25.9 Å². The second-order valence-electron chi connectivity index (χ2n) is 4.93. The van der Waals surface area contributed by atoms with E-state index >= 15 is 0 Å². The van der Waals surface area contributed by atoms with Gasteiger partial charge in [0.15, 0.2) is 0 Å². The number of hydrogen-bond acceptors (Lipinski definition) is 4. The highest BCUT2D eigenvalue weighted by molar-refractivity contribution is 7.89. The molecular formula is C14H20N2O3S. The number of sulfonamides is 1. The van der Waals surface area contributed by atoms with Crippen LogP contribution < -0.4 is 5.73 Å². The second kappa shape index (κ2) is 5.95. The van der Waals surface area contributed by atoms with Gasteiger partial charge in [-0.1, -0.05) is 6.08 Å². The molecule has 5 nitrogen and oxygen atoms in total. The fourth-order valence-electron chi connectivity index (χ4n) is 2.33. The molecule has 0 atom stereocenters. The van der Waals surface area contributed by atoms with E-state index in [0.717, 1.165) is 5.57 Å². The Balaban J connectivity index is 2.24. The zero-order valence-corrected chi connectivity index (χ0v) is 12.6. The van der Waals surface area contributed by atoms with Gasteiger partial charge in [0.2, 0.25) is 10.0 Å². The first-order chi connectivity index (χ1) is 9.45. The normalized spacial score (nSPS) is 17.0. The minimum Gasteiger partial charge on any atom is -0.399 e. The smallest absolute Gasteiger partial charge is 0.243 e. The number of nitrogens with two attached hydrogens (primary N) is 1. The predicted octanol–water partition coefficient (Wildman–Crippen LogP) is 1.54. The van der Waals surface area contributed by atoms with Crippen molar-refractivity contribution in [1.82, 2.24) is 4.31 Å². The van der Waals surface area contributed by atoms with E-state index in [1.165, 1.54) is 4.31 Å². The van der Waals surface area contributed by atoms with Gasteiger partial charge >= 0.3 is 0 Å². The lowest BCUT2D eigenvalue weighted by Gasteiger charge is -2.26. The van der Waals surface area contributed by atoms with Crippen molar-refractivity contribution < 1.29 is 13.2 Å². The Morgan fingerprint density at radius 3 is 2.70 bits per heavy atom. The van der Waals surface area contributed by atoms with Crippen LogP contribution in [0.5, 0.6) is 0 Å². The van der Waals surface area contributed by atoms with E-state index in [-0.39, 0.29) is 0 Å². The summed E-state index contributed by atoms with van der Waals surface area (Å²) >= 11 is 0. The van der Waals surface area contributed by atoms with Gasteiger partial charge in [0.05, 0.1) is 11.5 Å². The minimum absolute atomic E-state index is 0.329. The molecule has 1 aliphatic heterocycles. The maximum atomic E-state index is 12.6. The van der Waals surface area contributed by atoms with Crippen molar-refractivity contribution in [3.05, 3.63) is 35.4 Å². The first kappa shape index (κ1) is 15.0. The van der Waals surface area contributed by atoms with Crippen molar-refractivity contribution in [2.24, 2.45) is 0 Å². The first-order valence-electron chi connectivity index (χ1n) is 6.48. The summed E-state index contributed by atoms with van der Waals surface area (Å²) < 4.78 is 31.8. The van der Waals surface area contributed by atoms with Crippen LogP contribution in [-0.4, -0.2) is 39.5 Å². The lowest BCUT2D eigenvalue weighted by molar-refractivity contribution is 0.219. The average molecular weight is 296 g/mol. The number of nitrogen functional groups attached to an aromatic ring is 1. The van der Waals surface area contributed by atoms with Crippen LogP contribution >= 0.6 is 0 Å². The van der Waals surface area contributed by atoms with Crippen molar-refractivity contribution >= 4 is 15.7 Å². The van der Waals surface area contributed by atoms with E-state index in [4.69, 9.17) is 10.5 Å². The predicted molar refractivity (Wildman–Crippen MR) is 78.9 cm³/mol. The number of hydrogen-bond donors (Lipinski definition) is 1. The molecule has 0 fully saturated rings. The van der Waals surface area contributed by atoms with Crippen LogP contribution in [0.4, 0.5) is 5.69 Å². The highest BCUT2D eigenvalue weighted by Crippen LogP contribution is 2.24. The Morgan fingerprint density at radius 2 is 2.15 bits per heavy atom. The zero-order valence-electron chi connectivity index (χ0n) is 11.8. The van der Waals surface area contributed by atoms with Crippen LogP contribution in [0.15, 0.2) is 34.7 Å². The van der Waals surface area contributed by atoms with Gasteiger partial charge in [-0.15, -0.1) is 0 Å². The monoisotopic (exact) mass is 296 g/mol. The van der Waals surface area contributed by atoms with Gasteiger partial charge in [0.1, 0.15) is 0 Å². The summed E-state index contributed by atoms with van der Waals surface area (Å²) in [5.74, 6) is 0. The number of aryl methyl sites for hydroxylation is 1. The topological polar surface area (TPSA) is 72.6 Å². The summed E-state index contributed by atoms with van der Waals surface area (Å²) in [6.45, 7) is 3.21. The number of benzene rings is 1. The molecule has 0 saturated carbocycles. The van der Waals surface area contributed by atoms with Crippen LogP contribution in [0.3, 0.4) is 0 Å². The van der Waals surface area contributed by atoms with Gasteiger partial charge in [-0.2, -0.15) is 4.31 Å². The van der Waals surface area contributed by atoms with E-state index in [0.29, 0.717) is 42.3 Å². The molecule has 6 heteroatoms.